The molecule has 116 valence electrons. The number of benzene rings is 1. The molecule has 0 fully saturated rings. The van der Waals surface area contributed by atoms with E-state index < -0.39 is 11.9 Å². The fourth-order valence-electron chi connectivity index (χ4n) is 1.75. The quantitative estimate of drug-likeness (QED) is 0.785. The van der Waals surface area contributed by atoms with Gasteiger partial charge in [-0.2, -0.15) is 0 Å². The third-order valence-corrected chi connectivity index (χ3v) is 2.89. The summed E-state index contributed by atoms with van der Waals surface area (Å²) in [6.45, 7) is 5.92. The fraction of sp³-hybridized carbons (Fsp3) is 0.500. The Morgan fingerprint density at radius 3 is 2.62 bits per heavy atom. The smallest absolute Gasteiger partial charge is 0.309 e. The highest BCUT2D eigenvalue weighted by Crippen LogP contribution is 2.11. The van der Waals surface area contributed by atoms with Crippen LogP contribution in [0.15, 0.2) is 24.3 Å². The van der Waals surface area contributed by atoms with E-state index in [1.54, 1.807) is 19.1 Å². The lowest BCUT2D eigenvalue weighted by Crippen LogP contribution is -2.32. The molecule has 1 unspecified atom stereocenters. The van der Waals surface area contributed by atoms with Gasteiger partial charge in [0.1, 0.15) is 5.82 Å². The van der Waals surface area contributed by atoms with Crippen LogP contribution < -0.4 is 5.32 Å². The van der Waals surface area contributed by atoms with E-state index in [-0.39, 0.29) is 18.3 Å². The van der Waals surface area contributed by atoms with E-state index in [2.05, 4.69) is 5.32 Å². The van der Waals surface area contributed by atoms with Gasteiger partial charge in [-0.05, 0) is 30.0 Å². The molecule has 1 aromatic rings. The van der Waals surface area contributed by atoms with Crippen molar-refractivity contribution >= 4 is 11.9 Å². The van der Waals surface area contributed by atoms with Gasteiger partial charge >= 0.3 is 5.97 Å². The van der Waals surface area contributed by atoms with Crippen molar-refractivity contribution in [1.29, 1.82) is 0 Å². The van der Waals surface area contributed by atoms with E-state index in [1.807, 2.05) is 13.8 Å². The van der Waals surface area contributed by atoms with Crippen LogP contribution in [-0.2, 0) is 20.7 Å². The molecule has 21 heavy (non-hydrogen) atoms. The molecule has 4 nitrogen and oxygen atoms in total. The highest BCUT2D eigenvalue weighted by atomic mass is 19.1. The number of esters is 1. The molecule has 0 aromatic heterocycles. The molecule has 1 N–H and O–H groups in total. The van der Waals surface area contributed by atoms with Gasteiger partial charge in [-0.25, -0.2) is 4.39 Å². The topological polar surface area (TPSA) is 55.4 Å². The van der Waals surface area contributed by atoms with Gasteiger partial charge in [-0.15, -0.1) is 0 Å². The van der Waals surface area contributed by atoms with Crippen molar-refractivity contribution in [3.8, 4) is 0 Å². The molecular weight excluding hydrogens is 273 g/mol. The third-order valence-electron chi connectivity index (χ3n) is 2.89. The van der Waals surface area contributed by atoms with Crippen LogP contribution in [0.5, 0.6) is 0 Å². The largest absolute Gasteiger partial charge is 0.455 e. The van der Waals surface area contributed by atoms with Gasteiger partial charge in [-0.3, -0.25) is 9.59 Å². The van der Waals surface area contributed by atoms with Crippen molar-refractivity contribution in [2.75, 3.05) is 13.2 Å². The molecule has 0 aliphatic carbocycles. The van der Waals surface area contributed by atoms with E-state index in [1.165, 1.54) is 12.1 Å². The average Bonchev–Trinajstić information content (AvgIpc) is 2.42. The molecule has 5 heteroatoms. The lowest BCUT2D eigenvalue weighted by molar-refractivity contribution is -0.152. The SMILES string of the molecule is CC(C)CNC(=O)COC(=O)C(C)Cc1cccc(F)c1. The fourth-order valence-corrected chi connectivity index (χ4v) is 1.75. The number of amides is 1. The van der Waals surface area contributed by atoms with Crippen LogP contribution in [0.4, 0.5) is 4.39 Å². The Morgan fingerprint density at radius 1 is 1.29 bits per heavy atom. The van der Waals surface area contributed by atoms with Gasteiger partial charge in [0, 0.05) is 6.54 Å². The van der Waals surface area contributed by atoms with Gasteiger partial charge in [-0.1, -0.05) is 32.9 Å². The lowest BCUT2D eigenvalue weighted by Gasteiger charge is -2.12. The van der Waals surface area contributed by atoms with Crippen LogP contribution in [0.3, 0.4) is 0 Å². The monoisotopic (exact) mass is 295 g/mol. The molecule has 0 spiro atoms. The van der Waals surface area contributed by atoms with Crippen molar-refractivity contribution in [3.05, 3.63) is 35.6 Å². The number of carbonyl (C=O) groups excluding carboxylic acids is 2. The summed E-state index contributed by atoms with van der Waals surface area (Å²) in [5.41, 5.74) is 0.726. The van der Waals surface area contributed by atoms with Crippen molar-refractivity contribution in [3.63, 3.8) is 0 Å². The number of hydrogen-bond donors (Lipinski definition) is 1. The van der Waals surface area contributed by atoms with Gasteiger partial charge in [0.2, 0.25) is 0 Å². The zero-order valence-corrected chi connectivity index (χ0v) is 12.7. The van der Waals surface area contributed by atoms with Crippen LogP contribution >= 0.6 is 0 Å². The van der Waals surface area contributed by atoms with E-state index >= 15 is 0 Å². The van der Waals surface area contributed by atoms with Crippen molar-refractivity contribution in [2.45, 2.75) is 27.2 Å². The number of hydrogen-bond acceptors (Lipinski definition) is 3. The van der Waals surface area contributed by atoms with Crippen molar-refractivity contribution < 1.29 is 18.7 Å². The number of halogens is 1. The Hall–Kier alpha value is -1.91. The summed E-state index contributed by atoms with van der Waals surface area (Å²) in [4.78, 5) is 23.2. The van der Waals surface area contributed by atoms with Crippen LogP contribution in [0.2, 0.25) is 0 Å². The molecule has 1 amide bonds. The van der Waals surface area contributed by atoms with Crippen LogP contribution in [0.1, 0.15) is 26.3 Å². The molecule has 0 heterocycles. The second kappa shape index (κ2) is 8.39. The first-order valence-corrected chi connectivity index (χ1v) is 7.06. The number of nitrogens with one attached hydrogen (secondary N) is 1. The summed E-state index contributed by atoms with van der Waals surface area (Å²) in [5, 5.41) is 2.67. The number of rotatable bonds is 7. The minimum Gasteiger partial charge on any atom is -0.455 e. The summed E-state index contributed by atoms with van der Waals surface area (Å²) < 4.78 is 18.0. The number of carbonyl (C=O) groups is 2. The average molecular weight is 295 g/mol. The maximum absolute atomic E-state index is 13.1. The summed E-state index contributed by atoms with van der Waals surface area (Å²) >= 11 is 0. The first kappa shape index (κ1) is 17.1. The lowest BCUT2D eigenvalue weighted by atomic mass is 10.0. The van der Waals surface area contributed by atoms with Gasteiger partial charge in [0.05, 0.1) is 5.92 Å². The zero-order chi connectivity index (χ0) is 15.8. The van der Waals surface area contributed by atoms with Gasteiger partial charge in [0.25, 0.3) is 5.91 Å². The zero-order valence-electron chi connectivity index (χ0n) is 12.7. The Kier molecular flexibility index (Phi) is 6.85. The molecule has 0 radical (unpaired) electrons. The maximum atomic E-state index is 13.1. The highest BCUT2D eigenvalue weighted by molar-refractivity contribution is 5.81. The molecule has 1 aromatic carbocycles. The minimum atomic E-state index is -0.459. The summed E-state index contributed by atoms with van der Waals surface area (Å²) in [6.07, 6.45) is 0.379. The predicted octanol–water partition coefficient (Wildman–Crippen LogP) is 2.32. The first-order valence-electron chi connectivity index (χ1n) is 7.06. The molecule has 0 aliphatic heterocycles. The molecule has 0 saturated heterocycles. The summed E-state index contributed by atoms with van der Waals surface area (Å²) in [5.74, 6) is -1.18. The Labute approximate surface area is 124 Å². The third kappa shape index (κ3) is 6.88. The molecular formula is C16H22FNO3. The van der Waals surface area contributed by atoms with E-state index in [0.29, 0.717) is 18.9 Å². The predicted molar refractivity (Wildman–Crippen MR) is 78.1 cm³/mol. The first-order chi connectivity index (χ1) is 9.88. The van der Waals surface area contributed by atoms with E-state index in [9.17, 15) is 14.0 Å². The normalized spacial score (nSPS) is 12.0. The van der Waals surface area contributed by atoms with Gasteiger partial charge < -0.3 is 10.1 Å². The second-order valence-electron chi connectivity index (χ2n) is 5.54. The van der Waals surface area contributed by atoms with Crippen LogP contribution in [0.25, 0.3) is 0 Å². The summed E-state index contributed by atoms with van der Waals surface area (Å²) in [7, 11) is 0. The molecule has 0 bridgehead atoms. The highest BCUT2D eigenvalue weighted by Gasteiger charge is 2.16. The minimum absolute atomic E-state index is 0.279. The standard InChI is InChI=1S/C16H22FNO3/c1-11(2)9-18-15(19)10-21-16(20)12(3)7-13-5-4-6-14(17)8-13/h4-6,8,11-12H,7,9-10H2,1-3H3,(H,18,19). The Bertz CT molecular complexity index is 488. The maximum Gasteiger partial charge on any atom is 0.309 e. The molecule has 1 atom stereocenters. The van der Waals surface area contributed by atoms with Gasteiger partial charge in [0.15, 0.2) is 6.61 Å². The Morgan fingerprint density at radius 2 is 2.00 bits per heavy atom. The number of ether oxygens (including phenoxy) is 1. The van der Waals surface area contributed by atoms with E-state index in [4.69, 9.17) is 4.74 Å². The van der Waals surface area contributed by atoms with Crippen LogP contribution in [-0.4, -0.2) is 25.0 Å². The summed E-state index contributed by atoms with van der Waals surface area (Å²) in [6, 6.07) is 6.09. The molecule has 1 rings (SSSR count). The van der Waals surface area contributed by atoms with Crippen molar-refractivity contribution in [1.82, 2.24) is 5.32 Å². The van der Waals surface area contributed by atoms with Crippen LogP contribution in [0, 0.1) is 17.7 Å². The molecule has 0 aliphatic rings. The molecule has 0 saturated carbocycles. The second-order valence-corrected chi connectivity index (χ2v) is 5.54. The van der Waals surface area contributed by atoms with E-state index in [0.717, 1.165) is 5.56 Å². The Balaban J connectivity index is 2.36. The van der Waals surface area contributed by atoms with Crippen molar-refractivity contribution in [2.24, 2.45) is 11.8 Å².